The summed E-state index contributed by atoms with van der Waals surface area (Å²) in [5, 5.41) is 4.04. The molecular formula is C19H14F3N3O. The Morgan fingerprint density at radius 3 is 2.58 bits per heavy atom. The van der Waals surface area contributed by atoms with Gasteiger partial charge in [-0.25, -0.2) is 4.39 Å². The minimum Gasteiger partial charge on any atom is -0.302 e. The number of rotatable bonds is 3. The molecule has 0 saturated heterocycles. The number of hydrogen-bond acceptors (Lipinski definition) is 2. The lowest BCUT2D eigenvalue weighted by atomic mass is 10.1. The average molecular weight is 357 g/mol. The summed E-state index contributed by atoms with van der Waals surface area (Å²) in [5.41, 5.74) is 1.29. The molecular weight excluding hydrogens is 343 g/mol. The first-order valence-electron chi connectivity index (χ1n) is 7.94. The van der Waals surface area contributed by atoms with E-state index in [4.69, 9.17) is 0 Å². The number of hydrogen-bond donors (Lipinski definition) is 0. The first-order chi connectivity index (χ1) is 12.4. The molecule has 0 aliphatic carbocycles. The molecule has 0 fully saturated rings. The first kappa shape index (κ1) is 16.4. The van der Waals surface area contributed by atoms with Crippen molar-refractivity contribution in [1.82, 2.24) is 9.78 Å². The summed E-state index contributed by atoms with van der Waals surface area (Å²) < 4.78 is 44.5. The molecule has 2 aromatic carbocycles. The second-order valence-electron chi connectivity index (χ2n) is 6.19. The Morgan fingerprint density at radius 1 is 1.12 bits per heavy atom. The van der Waals surface area contributed by atoms with Crippen molar-refractivity contribution in [2.24, 2.45) is 7.05 Å². The molecule has 3 aromatic rings. The molecule has 0 atom stereocenters. The van der Waals surface area contributed by atoms with Gasteiger partial charge in [-0.2, -0.15) is 13.9 Å². The number of carbonyl (C=O) groups is 1. The van der Waals surface area contributed by atoms with Crippen molar-refractivity contribution < 1.29 is 18.0 Å². The van der Waals surface area contributed by atoms with Crippen molar-refractivity contribution in [2.75, 3.05) is 4.90 Å². The number of carbonyl (C=O) groups excluding carboxylic acids is 1. The van der Waals surface area contributed by atoms with E-state index in [1.165, 1.54) is 30.3 Å². The Balaban J connectivity index is 1.67. The molecule has 0 spiro atoms. The van der Waals surface area contributed by atoms with Gasteiger partial charge in [-0.3, -0.25) is 9.48 Å². The molecule has 0 unspecified atom stereocenters. The van der Waals surface area contributed by atoms with Gasteiger partial charge in [-0.1, -0.05) is 30.3 Å². The highest BCUT2D eigenvalue weighted by Gasteiger charge is 2.52. The highest BCUT2D eigenvalue weighted by atomic mass is 19.3. The zero-order chi connectivity index (χ0) is 18.5. The van der Waals surface area contributed by atoms with Crippen LogP contribution in [0.25, 0.3) is 11.1 Å². The summed E-state index contributed by atoms with van der Waals surface area (Å²) in [5.74, 6) is -5.50. The summed E-state index contributed by atoms with van der Waals surface area (Å²) in [6, 6.07) is 10.2. The maximum Gasteiger partial charge on any atom is 0.352 e. The maximum atomic E-state index is 14.5. The molecule has 1 aliphatic rings. The Labute approximate surface area is 147 Å². The van der Waals surface area contributed by atoms with Gasteiger partial charge in [0.25, 0.3) is 0 Å². The van der Waals surface area contributed by atoms with E-state index in [1.54, 1.807) is 36.3 Å². The second-order valence-corrected chi connectivity index (χ2v) is 6.19. The standard InChI is InChI=1S/C19H14F3N3O/c1-24-10-14(9-23-24)12-6-7-13(16(20)8-12)11-25-17-5-3-2-4-15(17)19(21,22)18(25)26/h2-10H,11H2,1H3. The molecule has 0 saturated carbocycles. The fraction of sp³-hybridized carbons (Fsp3) is 0.158. The van der Waals surface area contributed by atoms with Crippen LogP contribution < -0.4 is 4.90 Å². The molecule has 26 heavy (non-hydrogen) atoms. The van der Waals surface area contributed by atoms with Gasteiger partial charge < -0.3 is 4.90 Å². The van der Waals surface area contributed by atoms with Gasteiger partial charge in [0.2, 0.25) is 0 Å². The number of amides is 1. The van der Waals surface area contributed by atoms with Gasteiger partial charge in [0, 0.05) is 24.4 Å². The molecule has 0 radical (unpaired) electrons. The van der Waals surface area contributed by atoms with Crippen LogP contribution in [0.2, 0.25) is 0 Å². The smallest absolute Gasteiger partial charge is 0.302 e. The van der Waals surface area contributed by atoms with E-state index in [-0.39, 0.29) is 23.4 Å². The summed E-state index contributed by atoms with van der Waals surface area (Å²) in [7, 11) is 1.75. The van der Waals surface area contributed by atoms with Gasteiger partial charge >= 0.3 is 11.8 Å². The molecule has 7 heteroatoms. The Hall–Kier alpha value is -3.09. The van der Waals surface area contributed by atoms with Crippen LogP contribution in [0.5, 0.6) is 0 Å². The van der Waals surface area contributed by atoms with Gasteiger partial charge in [-0.15, -0.1) is 0 Å². The summed E-state index contributed by atoms with van der Waals surface area (Å²) in [6.07, 6.45) is 3.35. The van der Waals surface area contributed by atoms with Crippen LogP contribution >= 0.6 is 0 Å². The third-order valence-corrected chi connectivity index (χ3v) is 4.47. The minimum absolute atomic E-state index is 0.109. The number of nitrogens with zero attached hydrogens (tertiary/aromatic N) is 3. The first-order valence-corrected chi connectivity index (χ1v) is 7.94. The Morgan fingerprint density at radius 2 is 1.88 bits per heavy atom. The minimum atomic E-state index is -3.59. The van der Waals surface area contributed by atoms with E-state index in [0.29, 0.717) is 5.56 Å². The van der Waals surface area contributed by atoms with E-state index >= 15 is 0 Å². The monoisotopic (exact) mass is 357 g/mol. The van der Waals surface area contributed by atoms with E-state index < -0.39 is 17.6 Å². The lowest BCUT2D eigenvalue weighted by Gasteiger charge is -2.18. The van der Waals surface area contributed by atoms with Crippen molar-refractivity contribution >= 4 is 11.6 Å². The number of anilines is 1. The SMILES string of the molecule is Cn1cc(-c2ccc(CN3C(=O)C(F)(F)c4ccccc43)c(F)c2)cn1. The van der Waals surface area contributed by atoms with Gasteiger partial charge in [-0.05, 0) is 17.7 Å². The predicted octanol–water partition coefficient (Wildman–Crippen LogP) is 3.86. The van der Waals surface area contributed by atoms with Crippen LogP contribution in [0.4, 0.5) is 18.9 Å². The summed E-state index contributed by atoms with van der Waals surface area (Å²) >= 11 is 0. The number of fused-ring (bicyclic) bond motifs is 1. The van der Waals surface area contributed by atoms with Crippen LogP contribution in [0.15, 0.2) is 54.9 Å². The third-order valence-electron chi connectivity index (χ3n) is 4.47. The molecule has 1 amide bonds. The van der Waals surface area contributed by atoms with E-state index in [1.807, 2.05) is 0 Å². The maximum absolute atomic E-state index is 14.5. The second kappa shape index (κ2) is 5.72. The number of para-hydroxylation sites is 1. The van der Waals surface area contributed by atoms with E-state index in [0.717, 1.165) is 10.5 Å². The van der Waals surface area contributed by atoms with Crippen LogP contribution in [0.1, 0.15) is 11.1 Å². The van der Waals surface area contributed by atoms with Crippen molar-refractivity contribution in [2.45, 2.75) is 12.5 Å². The third kappa shape index (κ3) is 2.47. The molecule has 0 bridgehead atoms. The average Bonchev–Trinajstić information content (AvgIpc) is 3.13. The Bertz CT molecular complexity index is 1010. The van der Waals surface area contributed by atoms with Gasteiger partial charge in [0.1, 0.15) is 5.82 Å². The van der Waals surface area contributed by atoms with Crippen molar-refractivity contribution in [1.29, 1.82) is 0 Å². The molecule has 1 aromatic heterocycles. The number of benzene rings is 2. The predicted molar refractivity (Wildman–Crippen MR) is 90.1 cm³/mol. The molecule has 1 aliphatic heterocycles. The quantitative estimate of drug-likeness (QED) is 0.714. The number of aromatic nitrogens is 2. The Kier molecular flexibility index (Phi) is 3.61. The lowest BCUT2D eigenvalue weighted by molar-refractivity contribution is -0.141. The summed E-state index contributed by atoms with van der Waals surface area (Å²) in [4.78, 5) is 13.1. The highest BCUT2D eigenvalue weighted by molar-refractivity contribution is 6.05. The van der Waals surface area contributed by atoms with Crippen molar-refractivity contribution in [3.63, 3.8) is 0 Å². The zero-order valence-corrected chi connectivity index (χ0v) is 13.8. The van der Waals surface area contributed by atoms with Crippen LogP contribution in [0, 0.1) is 5.82 Å². The van der Waals surface area contributed by atoms with Crippen LogP contribution in [0.3, 0.4) is 0 Å². The van der Waals surface area contributed by atoms with Gasteiger partial charge in [0.05, 0.1) is 24.0 Å². The van der Waals surface area contributed by atoms with E-state index in [9.17, 15) is 18.0 Å². The summed E-state index contributed by atoms with van der Waals surface area (Å²) in [6.45, 7) is -0.259. The fourth-order valence-electron chi connectivity index (χ4n) is 3.12. The molecule has 2 heterocycles. The fourth-order valence-corrected chi connectivity index (χ4v) is 3.12. The van der Waals surface area contributed by atoms with Gasteiger partial charge in [0.15, 0.2) is 0 Å². The highest BCUT2D eigenvalue weighted by Crippen LogP contribution is 2.44. The molecule has 132 valence electrons. The number of halogens is 3. The lowest BCUT2D eigenvalue weighted by Crippen LogP contribution is -2.34. The topological polar surface area (TPSA) is 38.1 Å². The van der Waals surface area contributed by atoms with Crippen LogP contribution in [-0.4, -0.2) is 15.7 Å². The molecule has 0 N–H and O–H groups in total. The molecule has 4 rings (SSSR count). The number of alkyl halides is 2. The van der Waals surface area contributed by atoms with E-state index in [2.05, 4.69) is 5.10 Å². The van der Waals surface area contributed by atoms with Crippen LogP contribution in [-0.2, 0) is 24.3 Å². The van der Waals surface area contributed by atoms with Crippen molar-refractivity contribution in [3.8, 4) is 11.1 Å². The molecule has 4 nitrogen and oxygen atoms in total. The van der Waals surface area contributed by atoms with Crippen molar-refractivity contribution in [3.05, 3.63) is 71.8 Å². The largest absolute Gasteiger partial charge is 0.352 e. The normalized spacial score (nSPS) is 15.4. The number of aryl methyl sites for hydroxylation is 1. The zero-order valence-electron chi connectivity index (χ0n) is 13.8.